The molecule has 0 radical (unpaired) electrons. The summed E-state index contributed by atoms with van der Waals surface area (Å²) >= 11 is 7.38. The van der Waals surface area contributed by atoms with E-state index in [1.165, 1.54) is 10.6 Å². The van der Waals surface area contributed by atoms with Gasteiger partial charge in [0.15, 0.2) is 0 Å². The molecule has 4 nitrogen and oxygen atoms in total. The molecule has 24 heavy (non-hydrogen) atoms. The number of halogens is 1. The molecule has 0 saturated carbocycles. The van der Waals surface area contributed by atoms with E-state index >= 15 is 0 Å². The maximum atomic E-state index is 11.2. The number of fused-ring (bicyclic) bond motifs is 1. The van der Waals surface area contributed by atoms with Crippen molar-refractivity contribution in [2.24, 2.45) is 0 Å². The molecule has 0 saturated heterocycles. The molecule has 1 amide bonds. The highest BCUT2D eigenvalue weighted by atomic mass is 35.5. The van der Waals surface area contributed by atoms with Gasteiger partial charge < -0.3 is 10.1 Å². The Hall–Kier alpha value is -1.59. The monoisotopic (exact) mass is 364 g/mol. The maximum absolute atomic E-state index is 11.2. The molecule has 1 heterocycles. The Morgan fingerprint density at radius 2 is 2.21 bits per heavy atom. The molecular weight excluding hydrogens is 344 g/mol. The molecular formula is C18H21ClN2O2S. The number of carbonyl (C=O) groups is 1. The second-order valence-electron chi connectivity index (χ2n) is 5.94. The first kappa shape index (κ1) is 17.2. The van der Waals surface area contributed by atoms with Crippen LogP contribution in [0.25, 0.3) is 10.6 Å². The summed E-state index contributed by atoms with van der Waals surface area (Å²) in [6.45, 7) is 2.21. The lowest BCUT2D eigenvalue weighted by Crippen LogP contribution is -2.37. The number of hydrogen-bond donors (Lipinski definition) is 1. The van der Waals surface area contributed by atoms with Gasteiger partial charge in [0.25, 0.3) is 0 Å². The molecule has 0 aliphatic heterocycles. The number of hydrogen-bond acceptors (Lipinski definition) is 4. The molecule has 1 aliphatic rings. The van der Waals surface area contributed by atoms with E-state index in [2.05, 4.69) is 5.32 Å². The van der Waals surface area contributed by atoms with Gasteiger partial charge in [-0.3, -0.25) is 4.79 Å². The lowest BCUT2D eigenvalue weighted by molar-refractivity contribution is -0.119. The molecule has 2 aromatic rings. The van der Waals surface area contributed by atoms with Crippen molar-refractivity contribution >= 4 is 28.8 Å². The van der Waals surface area contributed by atoms with Crippen molar-refractivity contribution in [1.29, 1.82) is 0 Å². The van der Waals surface area contributed by atoms with Gasteiger partial charge in [0, 0.05) is 35.7 Å². The van der Waals surface area contributed by atoms with Gasteiger partial charge in [0.05, 0.1) is 12.3 Å². The third-order valence-electron chi connectivity index (χ3n) is 3.99. The molecule has 1 N–H and O–H groups in total. The van der Waals surface area contributed by atoms with Crippen molar-refractivity contribution < 1.29 is 9.53 Å². The minimum Gasteiger partial charge on any atom is -0.494 e. The Kier molecular flexibility index (Phi) is 5.74. The second-order valence-corrected chi connectivity index (χ2v) is 7.41. The highest BCUT2D eigenvalue weighted by molar-refractivity contribution is 7.15. The maximum Gasteiger partial charge on any atom is 0.217 e. The Morgan fingerprint density at radius 1 is 1.42 bits per heavy atom. The van der Waals surface area contributed by atoms with Gasteiger partial charge in [-0.05, 0) is 43.5 Å². The topological polar surface area (TPSA) is 51.2 Å². The molecule has 128 valence electrons. The summed E-state index contributed by atoms with van der Waals surface area (Å²) in [5.41, 5.74) is 2.29. The normalized spacial score (nSPS) is 16.5. The van der Waals surface area contributed by atoms with E-state index in [9.17, 15) is 4.79 Å². The van der Waals surface area contributed by atoms with E-state index in [1.807, 2.05) is 24.3 Å². The molecule has 1 atom stereocenters. The smallest absolute Gasteiger partial charge is 0.217 e. The van der Waals surface area contributed by atoms with Crippen LogP contribution in [0.2, 0.25) is 0 Å². The van der Waals surface area contributed by atoms with E-state index in [4.69, 9.17) is 21.3 Å². The van der Waals surface area contributed by atoms with E-state index in [0.29, 0.717) is 12.5 Å². The summed E-state index contributed by atoms with van der Waals surface area (Å²) in [7, 11) is 0. The molecule has 6 heteroatoms. The summed E-state index contributed by atoms with van der Waals surface area (Å²) < 4.78 is 5.63. The number of nitrogens with zero attached hydrogens (tertiary/aromatic N) is 1. The van der Waals surface area contributed by atoms with Crippen molar-refractivity contribution in [3.63, 3.8) is 0 Å². The molecule has 0 fully saturated rings. The number of thiazole rings is 1. The Morgan fingerprint density at radius 3 is 2.92 bits per heavy atom. The molecule has 0 bridgehead atoms. The van der Waals surface area contributed by atoms with Crippen LogP contribution in [0.15, 0.2) is 24.3 Å². The fourth-order valence-electron chi connectivity index (χ4n) is 2.85. The predicted molar refractivity (Wildman–Crippen MR) is 98.0 cm³/mol. The summed E-state index contributed by atoms with van der Waals surface area (Å²) in [6.07, 6.45) is 3.61. The molecule has 1 unspecified atom stereocenters. The standard InChI is InChI=1S/C18H21ClN2O2S/c1-12(22)20-14-5-8-16-17(11-14)24-18(21-16)13-3-6-15(7-4-13)23-10-2-9-19/h3-4,6-7,14H,2,5,8-11H2,1H3,(H,20,22). The van der Waals surface area contributed by atoms with Crippen LogP contribution in [-0.2, 0) is 17.6 Å². The highest BCUT2D eigenvalue weighted by Gasteiger charge is 2.23. The average Bonchev–Trinajstić information content (AvgIpc) is 2.98. The second kappa shape index (κ2) is 7.99. The summed E-state index contributed by atoms with van der Waals surface area (Å²) in [5, 5.41) is 4.06. The molecule has 1 aromatic carbocycles. The average molecular weight is 365 g/mol. The van der Waals surface area contributed by atoms with Crippen molar-refractivity contribution in [2.75, 3.05) is 12.5 Å². The van der Waals surface area contributed by atoms with Crippen LogP contribution in [0, 0.1) is 0 Å². The zero-order valence-corrected chi connectivity index (χ0v) is 15.3. The van der Waals surface area contributed by atoms with Crippen LogP contribution in [-0.4, -0.2) is 29.4 Å². The van der Waals surface area contributed by atoms with Crippen LogP contribution in [0.3, 0.4) is 0 Å². The van der Waals surface area contributed by atoms with Crippen molar-refractivity contribution in [3.8, 4) is 16.3 Å². The van der Waals surface area contributed by atoms with Crippen molar-refractivity contribution in [2.45, 2.75) is 38.6 Å². The number of alkyl halides is 1. The van der Waals surface area contributed by atoms with Gasteiger partial charge in [-0.2, -0.15) is 0 Å². The Labute approximate surface area is 151 Å². The lowest BCUT2D eigenvalue weighted by atomic mass is 9.98. The first-order chi connectivity index (χ1) is 11.7. The van der Waals surface area contributed by atoms with Gasteiger partial charge in [0.2, 0.25) is 5.91 Å². The lowest BCUT2D eigenvalue weighted by Gasteiger charge is -2.21. The van der Waals surface area contributed by atoms with E-state index in [1.54, 1.807) is 18.3 Å². The number of amides is 1. The van der Waals surface area contributed by atoms with Crippen molar-refractivity contribution in [3.05, 3.63) is 34.8 Å². The molecule has 1 aliphatic carbocycles. The van der Waals surface area contributed by atoms with E-state index in [-0.39, 0.29) is 11.9 Å². The number of aryl methyl sites for hydroxylation is 1. The number of nitrogens with one attached hydrogen (secondary N) is 1. The zero-order valence-electron chi connectivity index (χ0n) is 13.7. The number of aromatic nitrogens is 1. The summed E-state index contributed by atoms with van der Waals surface area (Å²) in [4.78, 5) is 17.3. The van der Waals surface area contributed by atoms with Crippen LogP contribution in [0.4, 0.5) is 0 Å². The Bertz CT molecular complexity index is 700. The number of carbonyl (C=O) groups excluding carboxylic acids is 1. The van der Waals surface area contributed by atoms with Gasteiger partial charge in [0.1, 0.15) is 10.8 Å². The SMILES string of the molecule is CC(=O)NC1CCc2nc(-c3ccc(OCCCCl)cc3)sc2C1. The quantitative estimate of drug-likeness (QED) is 0.626. The first-order valence-electron chi connectivity index (χ1n) is 8.20. The minimum absolute atomic E-state index is 0.0398. The third-order valence-corrected chi connectivity index (χ3v) is 5.43. The highest BCUT2D eigenvalue weighted by Crippen LogP contribution is 2.33. The predicted octanol–water partition coefficient (Wildman–Crippen LogP) is 3.81. The van der Waals surface area contributed by atoms with Gasteiger partial charge in [-0.25, -0.2) is 4.98 Å². The summed E-state index contributed by atoms with van der Waals surface area (Å²) in [5.74, 6) is 1.51. The van der Waals surface area contributed by atoms with Crippen LogP contribution in [0.5, 0.6) is 5.75 Å². The number of benzene rings is 1. The number of rotatable bonds is 6. The van der Waals surface area contributed by atoms with E-state index < -0.39 is 0 Å². The van der Waals surface area contributed by atoms with Crippen LogP contribution < -0.4 is 10.1 Å². The van der Waals surface area contributed by atoms with Crippen LogP contribution >= 0.6 is 22.9 Å². The molecule has 1 aromatic heterocycles. The largest absolute Gasteiger partial charge is 0.494 e. The Balaban J connectivity index is 1.68. The van der Waals surface area contributed by atoms with Crippen LogP contribution in [0.1, 0.15) is 30.3 Å². The third kappa shape index (κ3) is 4.28. The summed E-state index contributed by atoms with van der Waals surface area (Å²) in [6, 6.07) is 8.28. The van der Waals surface area contributed by atoms with Gasteiger partial charge >= 0.3 is 0 Å². The zero-order chi connectivity index (χ0) is 16.9. The fraction of sp³-hybridized carbons (Fsp3) is 0.444. The van der Waals surface area contributed by atoms with Gasteiger partial charge in [-0.1, -0.05) is 0 Å². The fourth-order valence-corrected chi connectivity index (χ4v) is 4.15. The number of ether oxygens (including phenoxy) is 1. The molecule has 3 rings (SSSR count). The van der Waals surface area contributed by atoms with Crippen molar-refractivity contribution in [1.82, 2.24) is 10.3 Å². The van der Waals surface area contributed by atoms with E-state index in [0.717, 1.165) is 42.0 Å². The minimum atomic E-state index is 0.0398. The van der Waals surface area contributed by atoms with Gasteiger partial charge in [-0.15, -0.1) is 22.9 Å². The molecule has 0 spiro atoms. The first-order valence-corrected chi connectivity index (χ1v) is 9.55.